The molecule has 0 aliphatic heterocycles. The van der Waals surface area contributed by atoms with E-state index in [9.17, 15) is 4.79 Å². The van der Waals surface area contributed by atoms with Gasteiger partial charge in [-0.3, -0.25) is 4.79 Å². The molecule has 0 atom stereocenters. The van der Waals surface area contributed by atoms with E-state index in [1.165, 1.54) is 11.8 Å². The molecule has 21 heavy (non-hydrogen) atoms. The van der Waals surface area contributed by atoms with Crippen LogP contribution in [0.4, 0.5) is 5.82 Å². The number of nitrogens with one attached hydrogen (secondary N) is 1. The highest BCUT2D eigenvalue weighted by atomic mass is 16.1. The second kappa shape index (κ2) is 5.20. The van der Waals surface area contributed by atoms with Gasteiger partial charge in [-0.05, 0) is 36.0 Å². The smallest absolute Gasteiger partial charge is 0.250 e. The van der Waals surface area contributed by atoms with Crippen molar-refractivity contribution >= 4 is 11.7 Å². The number of rotatable bonds is 4. The molecule has 0 bridgehead atoms. The van der Waals surface area contributed by atoms with Gasteiger partial charge < -0.3 is 11.1 Å². The van der Waals surface area contributed by atoms with E-state index in [2.05, 4.69) is 41.5 Å². The summed E-state index contributed by atoms with van der Waals surface area (Å²) in [6.45, 7) is 2.30. The van der Waals surface area contributed by atoms with Crippen LogP contribution in [0.15, 0.2) is 48.7 Å². The standard InChI is InChI=1S/C17H19N3O/c1-17(13-5-3-2-4-6-13)9-14(10-17)20-15-8-7-12(11-19-15)16(18)21/h2-8,11,14H,9-10H2,1H3,(H2,18,21)(H,19,20). The third-order valence-corrected chi connectivity index (χ3v) is 4.26. The maximum Gasteiger partial charge on any atom is 0.250 e. The van der Waals surface area contributed by atoms with E-state index in [-0.39, 0.29) is 5.41 Å². The van der Waals surface area contributed by atoms with Gasteiger partial charge in [0.1, 0.15) is 5.82 Å². The van der Waals surface area contributed by atoms with Crippen LogP contribution >= 0.6 is 0 Å². The molecule has 4 nitrogen and oxygen atoms in total. The molecule has 1 aliphatic rings. The highest BCUT2D eigenvalue weighted by Crippen LogP contribution is 2.44. The van der Waals surface area contributed by atoms with Crippen LogP contribution in [-0.4, -0.2) is 16.9 Å². The minimum absolute atomic E-state index is 0.242. The van der Waals surface area contributed by atoms with Crippen molar-refractivity contribution in [2.75, 3.05) is 5.32 Å². The number of anilines is 1. The summed E-state index contributed by atoms with van der Waals surface area (Å²) < 4.78 is 0. The zero-order valence-corrected chi connectivity index (χ0v) is 12.0. The van der Waals surface area contributed by atoms with Crippen LogP contribution < -0.4 is 11.1 Å². The number of hydrogen-bond acceptors (Lipinski definition) is 3. The number of benzene rings is 1. The summed E-state index contributed by atoms with van der Waals surface area (Å²) in [5.41, 5.74) is 7.27. The Morgan fingerprint density at radius 2 is 1.95 bits per heavy atom. The molecule has 3 rings (SSSR count). The average Bonchev–Trinajstić information content (AvgIpc) is 2.47. The third kappa shape index (κ3) is 2.75. The fourth-order valence-electron chi connectivity index (χ4n) is 3.04. The zero-order chi connectivity index (χ0) is 14.9. The highest BCUT2D eigenvalue weighted by molar-refractivity contribution is 5.92. The van der Waals surface area contributed by atoms with E-state index in [4.69, 9.17) is 5.73 Å². The molecule has 4 heteroatoms. The second-order valence-corrected chi connectivity index (χ2v) is 5.97. The number of pyridine rings is 1. The van der Waals surface area contributed by atoms with E-state index in [1.54, 1.807) is 12.1 Å². The van der Waals surface area contributed by atoms with Crippen LogP contribution in [0.2, 0.25) is 0 Å². The quantitative estimate of drug-likeness (QED) is 0.905. The Bertz CT molecular complexity index is 631. The molecule has 1 amide bonds. The summed E-state index contributed by atoms with van der Waals surface area (Å²) in [7, 11) is 0. The van der Waals surface area contributed by atoms with Gasteiger partial charge in [0.25, 0.3) is 0 Å². The Hall–Kier alpha value is -2.36. The molecule has 1 heterocycles. The molecule has 0 unspecified atom stereocenters. The van der Waals surface area contributed by atoms with Crippen molar-refractivity contribution in [2.24, 2.45) is 5.73 Å². The minimum Gasteiger partial charge on any atom is -0.367 e. The van der Waals surface area contributed by atoms with Gasteiger partial charge in [-0.15, -0.1) is 0 Å². The first-order valence-corrected chi connectivity index (χ1v) is 7.15. The van der Waals surface area contributed by atoms with E-state index < -0.39 is 5.91 Å². The molecule has 3 N–H and O–H groups in total. The van der Waals surface area contributed by atoms with Crippen molar-refractivity contribution in [1.29, 1.82) is 0 Å². The van der Waals surface area contributed by atoms with Crippen molar-refractivity contribution < 1.29 is 4.79 Å². The molecule has 0 spiro atoms. The molecule has 1 aromatic carbocycles. The van der Waals surface area contributed by atoms with Gasteiger partial charge in [0.2, 0.25) is 5.91 Å². The number of amides is 1. The SMILES string of the molecule is CC1(c2ccccc2)CC(Nc2ccc(C(N)=O)cn2)C1. The first kappa shape index (κ1) is 13.6. The van der Waals surface area contributed by atoms with Crippen LogP contribution in [0.1, 0.15) is 35.7 Å². The molecular formula is C17H19N3O. The fourth-order valence-corrected chi connectivity index (χ4v) is 3.04. The maximum atomic E-state index is 11.0. The molecule has 108 valence electrons. The first-order valence-electron chi connectivity index (χ1n) is 7.15. The summed E-state index contributed by atoms with van der Waals surface area (Å²) in [5.74, 6) is 0.342. The molecule has 1 aromatic heterocycles. The molecule has 0 saturated heterocycles. The number of nitrogens with two attached hydrogens (primary N) is 1. The van der Waals surface area contributed by atoms with Gasteiger partial charge >= 0.3 is 0 Å². The van der Waals surface area contributed by atoms with E-state index in [1.807, 2.05) is 6.07 Å². The summed E-state index contributed by atoms with van der Waals surface area (Å²) in [6.07, 6.45) is 3.67. The summed E-state index contributed by atoms with van der Waals surface area (Å²) in [4.78, 5) is 15.2. The lowest BCUT2D eigenvalue weighted by molar-refractivity contribution is 0.1000. The lowest BCUT2D eigenvalue weighted by Gasteiger charge is -2.46. The van der Waals surface area contributed by atoms with Crippen LogP contribution in [-0.2, 0) is 5.41 Å². The van der Waals surface area contributed by atoms with Crippen molar-refractivity contribution in [3.05, 3.63) is 59.8 Å². The van der Waals surface area contributed by atoms with Gasteiger partial charge in [-0.2, -0.15) is 0 Å². The summed E-state index contributed by atoms with van der Waals surface area (Å²) >= 11 is 0. The van der Waals surface area contributed by atoms with Crippen LogP contribution in [0.3, 0.4) is 0 Å². The molecule has 2 aromatic rings. The predicted octanol–water partition coefficient (Wildman–Crippen LogP) is 2.71. The number of carbonyl (C=O) groups excluding carboxylic acids is 1. The normalized spacial score (nSPS) is 24.1. The van der Waals surface area contributed by atoms with Gasteiger partial charge in [0.15, 0.2) is 0 Å². The van der Waals surface area contributed by atoms with Gasteiger partial charge in [-0.25, -0.2) is 4.98 Å². The topological polar surface area (TPSA) is 68.0 Å². The Balaban J connectivity index is 1.61. The predicted molar refractivity (Wildman–Crippen MR) is 83.2 cm³/mol. The summed E-state index contributed by atoms with van der Waals surface area (Å²) in [5, 5.41) is 3.41. The van der Waals surface area contributed by atoms with Gasteiger partial charge in [0.05, 0.1) is 5.56 Å². The van der Waals surface area contributed by atoms with Crippen LogP contribution in [0.25, 0.3) is 0 Å². The Kier molecular flexibility index (Phi) is 3.37. The number of aromatic nitrogens is 1. The molecule has 1 aliphatic carbocycles. The van der Waals surface area contributed by atoms with Crippen molar-refractivity contribution in [3.8, 4) is 0 Å². The maximum absolute atomic E-state index is 11.0. The van der Waals surface area contributed by atoms with Crippen LogP contribution in [0.5, 0.6) is 0 Å². The van der Waals surface area contributed by atoms with Crippen molar-refractivity contribution in [1.82, 2.24) is 4.98 Å². The van der Waals surface area contributed by atoms with E-state index >= 15 is 0 Å². The molecule has 1 fully saturated rings. The molecule has 0 radical (unpaired) electrons. The first-order chi connectivity index (χ1) is 10.1. The minimum atomic E-state index is -0.450. The third-order valence-electron chi connectivity index (χ3n) is 4.26. The van der Waals surface area contributed by atoms with Crippen LogP contribution in [0, 0.1) is 0 Å². The van der Waals surface area contributed by atoms with Gasteiger partial charge in [0, 0.05) is 12.2 Å². The van der Waals surface area contributed by atoms with E-state index in [0.717, 1.165) is 18.7 Å². The number of hydrogen-bond donors (Lipinski definition) is 2. The van der Waals surface area contributed by atoms with Crippen molar-refractivity contribution in [2.45, 2.75) is 31.2 Å². The van der Waals surface area contributed by atoms with Crippen molar-refractivity contribution in [3.63, 3.8) is 0 Å². The van der Waals surface area contributed by atoms with Gasteiger partial charge in [-0.1, -0.05) is 37.3 Å². The van der Waals surface area contributed by atoms with E-state index in [0.29, 0.717) is 11.6 Å². The molecule has 1 saturated carbocycles. The number of primary amides is 1. The summed E-state index contributed by atoms with van der Waals surface area (Å²) in [6, 6.07) is 14.5. The lowest BCUT2D eigenvalue weighted by atomic mass is 9.63. The fraction of sp³-hybridized carbons (Fsp3) is 0.294. The average molecular weight is 281 g/mol. The second-order valence-electron chi connectivity index (χ2n) is 5.97. The Morgan fingerprint density at radius 1 is 1.24 bits per heavy atom. The number of carbonyl (C=O) groups is 1. The lowest BCUT2D eigenvalue weighted by Crippen LogP contribution is -2.46. The Morgan fingerprint density at radius 3 is 2.52 bits per heavy atom. The molecular weight excluding hydrogens is 262 g/mol. The monoisotopic (exact) mass is 281 g/mol. The number of nitrogens with zero attached hydrogens (tertiary/aromatic N) is 1. The largest absolute Gasteiger partial charge is 0.367 e. The highest BCUT2D eigenvalue weighted by Gasteiger charge is 2.41. The zero-order valence-electron chi connectivity index (χ0n) is 12.0. The Labute approximate surface area is 124 Å².